The average molecular weight is 315 g/mol. The minimum atomic E-state index is 0.654. The maximum atomic E-state index is 10.8. The minimum Gasteiger partial charge on any atom is -0.303 e. The molecule has 1 aromatic carbocycles. The molecule has 0 aliphatic heterocycles. The molecular formula is C15H11BrN2O. The number of fused-ring (bicyclic) bond motifs is 1. The van der Waals surface area contributed by atoms with E-state index in [1.54, 1.807) is 6.07 Å². The molecule has 0 fully saturated rings. The maximum absolute atomic E-state index is 10.8. The molecule has 0 saturated heterocycles. The third kappa shape index (κ3) is 2.44. The van der Waals surface area contributed by atoms with Gasteiger partial charge in [0.2, 0.25) is 0 Å². The molecule has 3 nitrogen and oxygen atoms in total. The van der Waals surface area contributed by atoms with E-state index in [0.717, 1.165) is 28.5 Å². The van der Waals surface area contributed by atoms with Crippen LogP contribution in [0.25, 0.3) is 5.52 Å². The fraction of sp³-hybridized carbons (Fsp3) is 0.0667. The number of nitrogens with zero attached hydrogens (tertiary/aromatic N) is 2. The highest BCUT2D eigenvalue weighted by Crippen LogP contribution is 2.16. The van der Waals surface area contributed by atoms with E-state index >= 15 is 0 Å². The first-order chi connectivity index (χ1) is 9.26. The fourth-order valence-corrected chi connectivity index (χ4v) is 2.54. The van der Waals surface area contributed by atoms with Gasteiger partial charge in [-0.05, 0) is 29.8 Å². The smallest absolute Gasteiger partial charge is 0.151 e. The summed E-state index contributed by atoms with van der Waals surface area (Å²) in [6.07, 6.45) is 5.22. The Bertz CT molecular complexity index is 749. The van der Waals surface area contributed by atoms with E-state index in [9.17, 15) is 4.79 Å². The molecule has 0 aliphatic carbocycles. The van der Waals surface area contributed by atoms with Crippen molar-refractivity contribution in [1.29, 1.82) is 0 Å². The van der Waals surface area contributed by atoms with Crippen molar-refractivity contribution in [3.05, 3.63) is 70.2 Å². The third-order valence-electron chi connectivity index (χ3n) is 3.01. The zero-order chi connectivity index (χ0) is 13.2. The predicted molar refractivity (Wildman–Crippen MR) is 77.5 cm³/mol. The van der Waals surface area contributed by atoms with Crippen LogP contribution in [0.3, 0.4) is 0 Å². The van der Waals surface area contributed by atoms with Crippen LogP contribution in [0.1, 0.15) is 21.7 Å². The molecule has 94 valence electrons. The summed E-state index contributed by atoms with van der Waals surface area (Å²) in [6, 6.07) is 11.8. The number of carbonyl (C=O) groups is 1. The van der Waals surface area contributed by atoms with Gasteiger partial charge in [-0.1, -0.05) is 28.1 Å². The summed E-state index contributed by atoms with van der Waals surface area (Å²) in [6.45, 7) is 0. The van der Waals surface area contributed by atoms with Gasteiger partial charge < -0.3 is 4.40 Å². The molecule has 0 radical (unpaired) electrons. The second-order valence-corrected chi connectivity index (χ2v) is 5.27. The Labute approximate surface area is 119 Å². The minimum absolute atomic E-state index is 0.654. The summed E-state index contributed by atoms with van der Waals surface area (Å²) >= 11 is 3.47. The second kappa shape index (κ2) is 4.97. The lowest BCUT2D eigenvalue weighted by molar-refractivity contribution is 0.112. The van der Waals surface area contributed by atoms with Crippen molar-refractivity contribution >= 4 is 27.7 Å². The van der Waals surface area contributed by atoms with Gasteiger partial charge in [0.15, 0.2) is 6.29 Å². The normalized spacial score (nSPS) is 10.8. The van der Waals surface area contributed by atoms with Gasteiger partial charge in [-0.15, -0.1) is 0 Å². The van der Waals surface area contributed by atoms with Gasteiger partial charge in [0.05, 0.1) is 11.7 Å². The Morgan fingerprint density at radius 2 is 2.16 bits per heavy atom. The number of hydrogen-bond acceptors (Lipinski definition) is 2. The molecular weight excluding hydrogens is 304 g/mol. The Balaban J connectivity index is 2.03. The van der Waals surface area contributed by atoms with Crippen LogP contribution < -0.4 is 0 Å². The van der Waals surface area contributed by atoms with Crippen LogP contribution in [-0.2, 0) is 6.42 Å². The summed E-state index contributed by atoms with van der Waals surface area (Å²) in [5.74, 6) is 0.928. The Morgan fingerprint density at radius 1 is 1.26 bits per heavy atom. The van der Waals surface area contributed by atoms with Crippen LogP contribution >= 0.6 is 15.9 Å². The van der Waals surface area contributed by atoms with Crippen LogP contribution in [0, 0.1) is 0 Å². The average Bonchev–Trinajstić information content (AvgIpc) is 2.81. The highest BCUT2D eigenvalue weighted by Gasteiger charge is 2.05. The molecule has 2 heterocycles. The lowest BCUT2D eigenvalue weighted by Crippen LogP contribution is -1.97. The molecule has 0 N–H and O–H groups in total. The molecule has 4 heteroatoms. The molecule has 0 unspecified atom stereocenters. The topological polar surface area (TPSA) is 34.4 Å². The number of halogens is 1. The van der Waals surface area contributed by atoms with E-state index < -0.39 is 0 Å². The van der Waals surface area contributed by atoms with Crippen molar-refractivity contribution < 1.29 is 4.79 Å². The molecule has 0 bridgehead atoms. The first-order valence-corrected chi connectivity index (χ1v) is 6.71. The molecule has 0 spiro atoms. The molecule has 0 saturated carbocycles. The largest absolute Gasteiger partial charge is 0.303 e. The lowest BCUT2D eigenvalue weighted by Gasteiger charge is -2.03. The zero-order valence-electron chi connectivity index (χ0n) is 10.1. The van der Waals surface area contributed by atoms with Crippen LogP contribution in [0.5, 0.6) is 0 Å². The van der Waals surface area contributed by atoms with Crippen molar-refractivity contribution in [3.63, 3.8) is 0 Å². The molecule has 0 aliphatic rings. The van der Waals surface area contributed by atoms with E-state index in [1.807, 2.05) is 35.0 Å². The number of hydrogen-bond donors (Lipinski definition) is 0. The second-order valence-electron chi connectivity index (χ2n) is 4.36. The van der Waals surface area contributed by atoms with Gasteiger partial charge in [-0.3, -0.25) is 4.79 Å². The Hall–Kier alpha value is -1.94. The number of rotatable bonds is 3. The summed E-state index contributed by atoms with van der Waals surface area (Å²) in [5.41, 5.74) is 2.83. The summed E-state index contributed by atoms with van der Waals surface area (Å²) in [4.78, 5) is 15.3. The Morgan fingerprint density at radius 3 is 2.95 bits per heavy atom. The first kappa shape index (κ1) is 12.1. The quantitative estimate of drug-likeness (QED) is 0.693. The number of pyridine rings is 1. The molecule has 3 rings (SSSR count). The maximum Gasteiger partial charge on any atom is 0.151 e. The summed E-state index contributed by atoms with van der Waals surface area (Å²) < 4.78 is 3.02. The number of aromatic nitrogens is 2. The predicted octanol–water partition coefficient (Wildman–Crippen LogP) is 3.50. The SMILES string of the molecule is O=Cc1ccc2cnc(Cc3cccc(Br)c3)n2c1. The third-order valence-corrected chi connectivity index (χ3v) is 3.51. The van der Waals surface area contributed by atoms with Crippen molar-refractivity contribution in [2.75, 3.05) is 0 Å². The molecule has 3 aromatic rings. The zero-order valence-corrected chi connectivity index (χ0v) is 11.7. The van der Waals surface area contributed by atoms with E-state index in [1.165, 1.54) is 5.56 Å². The molecule has 2 aromatic heterocycles. The van der Waals surface area contributed by atoms with E-state index in [4.69, 9.17) is 0 Å². The number of imidazole rings is 1. The van der Waals surface area contributed by atoms with Gasteiger partial charge in [0.1, 0.15) is 5.82 Å². The molecule has 0 atom stereocenters. The van der Waals surface area contributed by atoms with Crippen LogP contribution in [0.15, 0.2) is 53.3 Å². The van der Waals surface area contributed by atoms with Gasteiger partial charge in [-0.2, -0.15) is 0 Å². The van der Waals surface area contributed by atoms with Crippen LogP contribution in [0.2, 0.25) is 0 Å². The van der Waals surface area contributed by atoms with Gasteiger partial charge >= 0.3 is 0 Å². The number of aldehydes is 1. The van der Waals surface area contributed by atoms with Crippen molar-refractivity contribution in [2.24, 2.45) is 0 Å². The van der Waals surface area contributed by atoms with E-state index in [-0.39, 0.29) is 0 Å². The summed E-state index contributed by atoms with van der Waals surface area (Å²) in [7, 11) is 0. The molecule has 19 heavy (non-hydrogen) atoms. The fourth-order valence-electron chi connectivity index (χ4n) is 2.09. The standard InChI is InChI=1S/C15H11BrN2O/c16-13-3-1-2-11(6-13)7-15-17-8-14-5-4-12(10-19)9-18(14)15/h1-6,8-10H,7H2. The van der Waals surface area contributed by atoms with E-state index in [2.05, 4.69) is 33.0 Å². The highest BCUT2D eigenvalue weighted by molar-refractivity contribution is 9.10. The highest BCUT2D eigenvalue weighted by atomic mass is 79.9. The van der Waals surface area contributed by atoms with Crippen molar-refractivity contribution in [2.45, 2.75) is 6.42 Å². The van der Waals surface area contributed by atoms with Gasteiger partial charge in [-0.25, -0.2) is 4.98 Å². The van der Waals surface area contributed by atoms with Crippen LogP contribution in [-0.4, -0.2) is 15.7 Å². The lowest BCUT2D eigenvalue weighted by atomic mass is 10.1. The van der Waals surface area contributed by atoms with Gasteiger partial charge in [0, 0.05) is 22.7 Å². The first-order valence-electron chi connectivity index (χ1n) is 5.92. The number of carbonyl (C=O) groups excluding carboxylic acids is 1. The monoisotopic (exact) mass is 314 g/mol. The number of benzene rings is 1. The van der Waals surface area contributed by atoms with Crippen molar-refractivity contribution in [3.8, 4) is 0 Å². The Kier molecular flexibility index (Phi) is 3.17. The van der Waals surface area contributed by atoms with Gasteiger partial charge in [0.25, 0.3) is 0 Å². The molecule has 0 amide bonds. The van der Waals surface area contributed by atoms with Crippen LogP contribution in [0.4, 0.5) is 0 Å². The summed E-state index contributed by atoms with van der Waals surface area (Å²) in [5, 5.41) is 0. The van der Waals surface area contributed by atoms with E-state index in [0.29, 0.717) is 5.56 Å². The van der Waals surface area contributed by atoms with Crippen molar-refractivity contribution in [1.82, 2.24) is 9.38 Å².